The van der Waals surface area contributed by atoms with E-state index < -0.39 is 0 Å². The van der Waals surface area contributed by atoms with Crippen LogP contribution in [0.3, 0.4) is 0 Å². The second-order valence-corrected chi connectivity index (χ2v) is 13.0. The third-order valence-electron chi connectivity index (χ3n) is 10.3. The Hall–Kier alpha value is -6.78. The minimum absolute atomic E-state index is 0.661. The van der Waals surface area contributed by atoms with Gasteiger partial charge in [0.1, 0.15) is 0 Å². The fourth-order valence-electron chi connectivity index (χ4n) is 8.11. The molecule has 0 spiro atoms. The van der Waals surface area contributed by atoms with E-state index in [4.69, 9.17) is 9.97 Å². The Morgan fingerprint density at radius 1 is 0.380 bits per heavy atom. The highest BCUT2D eigenvalue weighted by molar-refractivity contribution is 6.22. The van der Waals surface area contributed by atoms with Gasteiger partial charge in [0.2, 0.25) is 5.95 Å². The maximum absolute atomic E-state index is 5.33. The van der Waals surface area contributed by atoms with Gasteiger partial charge in [-0.1, -0.05) is 133 Å². The van der Waals surface area contributed by atoms with E-state index in [-0.39, 0.29) is 0 Å². The molecule has 4 nitrogen and oxygen atoms in total. The lowest BCUT2D eigenvalue weighted by Gasteiger charge is -2.12. The average Bonchev–Trinajstić information content (AvgIpc) is 3.71. The summed E-state index contributed by atoms with van der Waals surface area (Å²) in [5.41, 5.74) is 8.60. The molecule has 0 aliphatic carbocycles. The van der Waals surface area contributed by atoms with Gasteiger partial charge < -0.3 is 4.57 Å². The van der Waals surface area contributed by atoms with Crippen molar-refractivity contribution in [3.05, 3.63) is 170 Å². The van der Waals surface area contributed by atoms with Crippen molar-refractivity contribution < 1.29 is 0 Å². The molecule has 0 fully saturated rings. The van der Waals surface area contributed by atoms with Gasteiger partial charge in [0, 0.05) is 43.6 Å². The van der Waals surface area contributed by atoms with Crippen LogP contribution in [-0.4, -0.2) is 19.1 Å². The van der Waals surface area contributed by atoms with Crippen LogP contribution in [0.4, 0.5) is 0 Å². The molecule has 0 N–H and O–H groups in total. The van der Waals surface area contributed by atoms with Crippen LogP contribution in [0.2, 0.25) is 0 Å². The quantitative estimate of drug-likeness (QED) is 0.193. The Balaban J connectivity index is 1.27. The summed E-state index contributed by atoms with van der Waals surface area (Å²) >= 11 is 0. The predicted octanol–water partition coefficient (Wildman–Crippen LogP) is 11.8. The van der Waals surface area contributed by atoms with Crippen LogP contribution in [0, 0.1) is 0 Å². The van der Waals surface area contributed by atoms with Crippen LogP contribution in [-0.2, 0) is 0 Å². The molecule has 0 radical (unpaired) electrons. The number of para-hydroxylation sites is 2. The fourth-order valence-corrected chi connectivity index (χ4v) is 8.11. The van der Waals surface area contributed by atoms with Gasteiger partial charge in [-0.25, -0.2) is 9.97 Å². The van der Waals surface area contributed by atoms with Crippen LogP contribution < -0.4 is 0 Å². The number of hydrogen-bond acceptors (Lipinski definition) is 2. The first-order valence-electron chi connectivity index (χ1n) is 17.0. The van der Waals surface area contributed by atoms with Gasteiger partial charge in [-0.05, 0) is 52.6 Å². The molecule has 0 unspecified atom stereocenters. The van der Waals surface area contributed by atoms with Gasteiger partial charge in [-0.3, -0.25) is 4.57 Å². The van der Waals surface area contributed by atoms with Crippen LogP contribution in [0.1, 0.15) is 0 Å². The maximum Gasteiger partial charge on any atom is 0.235 e. The van der Waals surface area contributed by atoms with E-state index in [0.717, 1.165) is 38.9 Å². The molecule has 3 aromatic heterocycles. The molecular formula is C46H28N4. The van der Waals surface area contributed by atoms with Gasteiger partial charge in [-0.2, -0.15) is 0 Å². The highest BCUT2D eigenvalue weighted by Gasteiger charge is 2.21. The Morgan fingerprint density at radius 2 is 1.02 bits per heavy atom. The first kappa shape index (κ1) is 27.2. The molecule has 0 saturated heterocycles. The van der Waals surface area contributed by atoms with E-state index >= 15 is 0 Å². The lowest BCUT2D eigenvalue weighted by Crippen LogP contribution is -2.03. The van der Waals surface area contributed by atoms with E-state index in [0.29, 0.717) is 5.95 Å². The third-order valence-corrected chi connectivity index (χ3v) is 10.3. The molecule has 50 heavy (non-hydrogen) atoms. The fraction of sp³-hybridized carbons (Fsp3) is 0. The molecule has 0 bridgehead atoms. The Bertz CT molecular complexity index is 3150. The lowest BCUT2D eigenvalue weighted by molar-refractivity contribution is 1.01. The Kier molecular flexibility index (Phi) is 5.63. The van der Waals surface area contributed by atoms with Crippen LogP contribution >= 0.6 is 0 Å². The first-order valence-corrected chi connectivity index (χ1v) is 17.0. The number of aromatic nitrogens is 4. The SMILES string of the molecule is c1ccc(-c2nc(-n3c4ccc(-n5c6ccccc6c6ccc7ccccc7c65)cc4c4c5ccccc5ccc43)nc3ccccc23)cc1. The zero-order chi connectivity index (χ0) is 32.8. The lowest BCUT2D eigenvalue weighted by atomic mass is 10.0. The number of benzene rings is 8. The van der Waals surface area contributed by atoms with E-state index in [2.05, 4.69) is 173 Å². The van der Waals surface area contributed by atoms with Crippen LogP contribution in [0.25, 0.3) is 99.0 Å². The average molecular weight is 637 g/mol. The molecule has 232 valence electrons. The molecule has 0 atom stereocenters. The molecular weight excluding hydrogens is 609 g/mol. The number of fused-ring (bicyclic) bond motifs is 11. The van der Waals surface area contributed by atoms with Crippen LogP contribution in [0.5, 0.6) is 0 Å². The molecule has 0 amide bonds. The summed E-state index contributed by atoms with van der Waals surface area (Å²) in [6.45, 7) is 0. The maximum atomic E-state index is 5.33. The molecule has 0 aliphatic rings. The Labute approximate surface area is 287 Å². The summed E-state index contributed by atoms with van der Waals surface area (Å²) in [6.07, 6.45) is 0. The summed E-state index contributed by atoms with van der Waals surface area (Å²) < 4.78 is 4.70. The second-order valence-electron chi connectivity index (χ2n) is 13.0. The van der Waals surface area contributed by atoms with E-state index in [9.17, 15) is 0 Å². The zero-order valence-corrected chi connectivity index (χ0v) is 27.0. The van der Waals surface area contributed by atoms with E-state index in [1.54, 1.807) is 0 Å². The number of hydrogen-bond donors (Lipinski definition) is 0. The summed E-state index contributed by atoms with van der Waals surface area (Å²) in [6, 6.07) is 60.7. The van der Waals surface area contributed by atoms with Gasteiger partial charge in [0.15, 0.2) is 0 Å². The standard InChI is InChI=1S/C46H28N4/c1-2-14-31(15-3-1)44-37-19-8-10-20-39(37)47-46(48-44)50-41-27-24-32(28-38(41)43-33-16-6-4-12-29(33)23-26-42(43)50)49-40-21-11-9-18-35(40)36-25-22-30-13-5-7-17-34(30)45(36)49/h1-28H. The first-order chi connectivity index (χ1) is 24.8. The summed E-state index contributed by atoms with van der Waals surface area (Å²) in [5.74, 6) is 0.661. The summed E-state index contributed by atoms with van der Waals surface area (Å²) in [4.78, 5) is 10.5. The highest BCUT2D eigenvalue weighted by atomic mass is 15.2. The van der Waals surface area contributed by atoms with Gasteiger partial charge in [-0.15, -0.1) is 0 Å². The van der Waals surface area contributed by atoms with Crippen molar-refractivity contribution in [2.75, 3.05) is 0 Å². The molecule has 0 saturated carbocycles. The second kappa shape index (κ2) is 10.4. The Morgan fingerprint density at radius 3 is 1.88 bits per heavy atom. The third kappa shape index (κ3) is 3.81. The normalized spacial score (nSPS) is 12.0. The smallest absolute Gasteiger partial charge is 0.235 e. The number of nitrogens with zero attached hydrogens (tertiary/aromatic N) is 4. The monoisotopic (exact) mass is 636 g/mol. The van der Waals surface area contributed by atoms with Crippen molar-refractivity contribution in [2.24, 2.45) is 0 Å². The van der Waals surface area contributed by atoms with Gasteiger partial charge in [0.05, 0.1) is 33.3 Å². The predicted molar refractivity (Wildman–Crippen MR) is 209 cm³/mol. The molecule has 3 heterocycles. The molecule has 4 heteroatoms. The summed E-state index contributed by atoms with van der Waals surface area (Å²) in [7, 11) is 0. The van der Waals surface area contributed by atoms with Gasteiger partial charge >= 0.3 is 0 Å². The molecule has 8 aromatic carbocycles. The van der Waals surface area contributed by atoms with Crippen molar-refractivity contribution in [1.82, 2.24) is 19.1 Å². The minimum atomic E-state index is 0.661. The van der Waals surface area contributed by atoms with Crippen molar-refractivity contribution in [2.45, 2.75) is 0 Å². The zero-order valence-electron chi connectivity index (χ0n) is 27.0. The minimum Gasteiger partial charge on any atom is -0.309 e. The number of rotatable bonds is 3. The van der Waals surface area contributed by atoms with Crippen LogP contribution in [0.15, 0.2) is 170 Å². The summed E-state index contributed by atoms with van der Waals surface area (Å²) in [5, 5.41) is 10.8. The topological polar surface area (TPSA) is 35.6 Å². The van der Waals surface area contributed by atoms with Gasteiger partial charge in [0.25, 0.3) is 0 Å². The van der Waals surface area contributed by atoms with Crippen molar-refractivity contribution in [3.63, 3.8) is 0 Å². The van der Waals surface area contributed by atoms with Crippen molar-refractivity contribution in [1.29, 1.82) is 0 Å². The highest BCUT2D eigenvalue weighted by Crippen LogP contribution is 2.41. The van der Waals surface area contributed by atoms with Crippen molar-refractivity contribution >= 4 is 76.1 Å². The molecule has 11 aromatic rings. The van der Waals surface area contributed by atoms with E-state index in [1.165, 1.54) is 54.1 Å². The molecule has 11 rings (SSSR count). The molecule has 0 aliphatic heterocycles. The van der Waals surface area contributed by atoms with E-state index in [1.807, 2.05) is 6.07 Å². The van der Waals surface area contributed by atoms with Crippen molar-refractivity contribution in [3.8, 4) is 22.9 Å². The largest absolute Gasteiger partial charge is 0.309 e.